The summed E-state index contributed by atoms with van der Waals surface area (Å²) < 4.78 is 19.7. The van der Waals surface area contributed by atoms with Gasteiger partial charge in [0.1, 0.15) is 5.75 Å². The van der Waals surface area contributed by atoms with Crippen molar-refractivity contribution in [3.63, 3.8) is 0 Å². The lowest BCUT2D eigenvalue weighted by atomic mass is 10.1. The molecule has 2 rings (SSSR count). The van der Waals surface area contributed by atoms with Gasteiger partial charge in [-0.25, -0.2) is 4.39 Å². The summed E-state index contributed by atoms with van der Waals surface area (Å²) in [6, 6.07) is 9.38. The zero-order valence-electron chi connectivity index (χ0n) is 10.0. The lowest BCUT2D eigenvalue weighted by Crippen LogP contribution is -1.93. The van der Waals surface area contributed by atoms with Crippen LogP contribution < -0.4 is 4.74 Å². The highest BCUT2D eigenvalue weighted by Crippen LogP contribution is 2.33. The van der Waals surface area contributed by atoms with Crippen LogP contribution in [0.5, 0.6) is 11.5 Å². The van der Waals surface area contributed by atoms with Gasteiger partial charge in [0.2, 0.25) is 0 Å². The maximum atomic E-state index is 13.6. The Balaban J connectivity index is 2.28. The van der Waals surface area contributed by atoms with Crippen LogP contribution in [0, 0.1) is 5.82 Å². The van der Waals surface area contributed by atoms with Gasteiger partial charge in [-0.3, -0.25) is 0 Å². The summed E-state index contributed by atoms with van der Waals surface area (Å²) in [6.07, 6.45) is -0.615. The highest BCUT2D eigenvalue weighted by atomic mass is 79.9. The first-order valence-corrected chi connectivity index (χ1v) is 6.75. The Bertz CT molecular complexity index is 602. The van der Waals surface area contributed by atoms with Crippen molar-refractivity contribution in [3.05, 3.63) is 57.3 Å². The third-order valence-electron chi connectivity index (χ3n) is 2.55. The molecule has 0 aliphatic heterocycles. The summed E-state index contributed by atoms with van der Waals surface area (Å²) in [5.74, 6) is -0.0489. The minimum absolute atomic E-state index is 0.0925. The fraction of sp³-hybridized carbons (Fsp3) is 0.143. The van der Waals surface area contributed by atoms with Crippen molar-refractivity contribution in [3.8, 4) is 11.5 Å². The third kappa shape index (κ3) is 3.47. The highest BCUT2D eigenvalue weighted by Gasteiger charge is 2.10. The van der Waals surface area contributed by atoms with E-state index in [1.54, 1.807) is 31.2 Å². The van der Waals surface area contributed by atoms with Crippen LogP contribution >= 0.6 is 27.5 Å². The van der Waals surface area contributed by atoms with Gasteiger partial charge in [-0.1, -0.05) is 33.6 Å². The number of aliphatic hydroxyl groups excluding tert-OH is 1. The molecular weight excluding hydrogens is 335 g/mol. The van der Waals surface area contributed by atoms with Crippen LogP contribution in [0.25, 0.3) is 0 Å². The van der Waals surface area contributed by atoms with Crippen molar-refractivity contribution in [1.82, 2.24) is 0 Å². The fourth-order valence-electron chi connectivity index (χ4n) is 1.54. The zero-order chi connectivity index (χ0) is 14.0. The largest absolute Gasteiger partial charge is 0.453 e. The summed E-state index contributed by atoms with van der Waals surface area (Å²) in [5.41, 5.74) is 0.675. The molecule has 0 radical (unpaired) electrons. The van der Waals surface area contributed by atoms with Crippen LogP contribution in [0.1, 0.15) is 18.6 Å². The summed E-state index contributed by atoms with van der Waals surface area (Å²) in [6.45, 7) is 1.64. The van der Waals surface area contributed by atoms with E-state index in [0.29, 0.717) is 20.8 Å². The molecule has 1 N–H and O–H groups in total. The smallest absolute Gasteiger partial charge is 0.166 e. The molecule has 100 valence electrons. The van der Waals surface area contributed by atoms with Gasteiger partial charge in [0, 0.05) is 4.47 Å². The SMILES string of the molecule is C[C@@H](O)c1ccc(Oc2ccc(Br)cc2F)c(Cl)c1. The molecule has 19 heavy (non-hydrogen) atoms. The summed E-state index contributed by atoms with van der Waals surface area (Å²) >= 11 is 9.21. The van der Waals surface area contributed by atoms with Crippen molar-refractivity contribution in [1.29, 1.82) is 0 Å². The van der Waals surface area contributed by atoms with E-state index in [0.717, 1.165) is 0 Å². The Kier molecular flexibility index (Phi) is 4.45. The molecule has 0 amide bonds. The van der Waals surface area contributed by atoms with Gasteiger partial charge in [-0.15, -0.1) is 0 Å². The van der Waals surface area contributed by atoms with Gasteiger partial charge in [-0.05, 0) is 42.8 Å². The summed E-state index contributed by atoms with van der Waals surface area (Å²) in [4.78, 5) is 0. The van der Waals surface area contributed by atoms with Gasteiger partial charge < -0.3 is 9.84 Å². The Labute approximate surface area is 123 Å². The lowest BCUT2D eigenvalue weighted by molar-refractivity contribution is 0.199. The molecule has 2 nitrogen and oxygen atoms in total. The van der Waals surface area contributed by atoms with E-state index in [1.807, 2.05) is 0 Å². The van der Waals surface area contributed by atoms with Crippen molar-refractivity contribution < 1.29 is 14.2 Å². The molecule has 5 heteroatoms. The lowest BCUT2D eigenvalue weighted by Gasteiger charge is -2.11. The number of ether oxygens (including phenoxy) is 1. The first-order chi connectivity index (χ1) is 8.97. The predicted octanol–water partition coefficient (Wildman–Crippen LogP) is 5.09. The normalized spacial score (nSPS) is 12.3. The Morgan fingerprint density at radius 1 is 1.21 bits per heavy atom. The number of hydrogen-bond donors (Lipinski definition) is 1. The van der Waals surface area contributed by atoms with Crippen LogP contribution in [0.2, 0.25) is 5.02 Å². The van der Waals surface area contributed by atoms with Gasteiger partial charge in [0.25, 0.3) is 0 Å². The molecule has 0 unspecified atom stereocenters. The average Bonchev–Trinajstić information content (AvgIpc) is 2.34. The van der Waals surface area contributed by atoms with E-state index in [9.17, 15) is 9.50 Å². The molecule has 0 spiro atoms. The molecule has 0 aliphatic carbocycles. The molecule has 0 aromatic heterocycles. The Morgan fingerprint density at radius 3 is 2.47 bits per heavy atom. The number of rotatable bonds is 3. The molecule has 0 bridgehead atoms. The van der Waals surface area contributed by atoms with Crippen molar-refractivity contribution in [2.24, 2.45) is 0 Å². The van der Waals surface area contributed by atoms with Crippen LogP contribution in [-0.4, -0.2) is 5.11 Å². The van der Waals surface area contributed by atoms with E-state index in [4.69, 9.17) is 16.3 Å². The average molecular weight is 346 g/mol. The number of aliphatic hydroxyl groups is 1. The Morgan fingerprint density at radius 2 is 1.89 bits per heavy atom. The number of halogens is 3. The van der Waals surface area contributed by atoms with Crippen LogP contribution in [0.3, 0.4) is 0 Å². The Hall–Kier alpha value is -1.10. The van der Waals surface area contributed by atoms with Crippen LogP contribution in [-0.2, 0) is 0 Å². The van der Waals surface area contributed by atoms with Gasteiger partial charge in [0.15, 0.2) is 11.6 Å². The van der Waals surface area contributed by atoms with Crippen LogP contribution in [0.15, 0.2) is 40.9 Å². The number of hydrogen-bond acceptors (Lipinski definition) is 2. The van der Waals surface area contributed by atoms with Crippen molar-refractivity contribution in [2.45, 2.75) is 13.0 Å². The first kappa shape index (κ1) is 14.3. The minimum atomic E-state index is -0.615. The number of benzene rings is 2. The second-order valence-corrected chi connectivity index (χ2v) is 5.37. The second kappa shape index (κ2) is 5.90. The summed E-state index contributed by atoms with van der Waals surface area (Å²) in [7, 11) is 0. The molecule has 1 atom stereocenters. The molecular formula is C14H11BrClFO2. The van der Waals surface area contributed by atoms with E-state index >= 15 is 0 Å². The maximum absolute atomic E-state index is 13.6. The topological polar surface area (TPSA) is 29.5 Å². The molecule has 0 aliphatic rings. The van der Waals surface area contributed by atoms with Gasteiger partial charge >= 0.3 is 0 Å². The summed E-state index contributed by atoms with van der Waals surface area (Å²) in [5, 5.41) is 9.76. The zero-order valence-corrected chi connectivity index (χ0v) is 12.4. The molecule has 0 fully saturated rings. The van der Waals surface area contributed by atoms with Crippen LogP contribution in [0.4, 0.5) is 4.39 Å². The monoisotopic (exact) mass is 344 g/mol. The highest BCUT2D eigenvalue weighted by molar-refractivity contribution is 9.10. The minimum Gasteiger partial charge on any atom is -0.453 e. The molecule has 2 aromatic rings. The third-order valence-corrected chi connectivity index (χ3v) is 3.34. The van der Waals surface area contributed by atoms with E-state index < -0.39 is 11.9 Å². The standard InChI is InChI=1S/C14H11BrClFO2/c1-8(18)9-2-4-13(11(16)6-9)19-14-5-3-10(15)7-12(14)17/h2-8,18H,1H3/t8-/m1/s1. The van der Waals surface area contributed by atoms with Gasteiger partial charge in [0.05, 0.1) is 11.1 Å². The maximum Gasteiger partial charge on any atom is 0.166 e. The first-order valence-electron chi connectivity index (χ1n) is 5.58. The fourth-order valence-corrected chi connectivity index (χ4v) is 2.10. The molecule has 0 heterocycles. The van der Waals surface area contributed by atoms with Gasteiger partial charge in [-0.2, -0.15) is 0 Å². The molecule has 0 saturated heterocycles. The predicted molar refractivity (Wildman–Crippen MR) is 76.3 cm³/mol. The van der Waals surface area contributed by atoms with E-state index in [2.05, 4.69) is 15.9 Å². The van der Waals surface area contributed by atoms with Crippen molar-refractivity contribution >= 4 is 27.5 Å². The quantitative estimate of drug-likeness (QED) is 0.840. The van der Waals surface area contributed by atoms with Crippen molar-refractivity contribution in [2.75, 3.05) is 0 Å². The van der Waals surface area contributed by atoms with E-state index in [-0.39, 0.29) is 5.75 Å². The second-order valence-electron chi connectivity index (χ2n) is 4.04. The van der Waals surface area contributed by atoms with E-state index in [1.165, 1.54) is 12.1 Å². The molecule has 2 aromatic carbocycles. The molecule has 0 saturated carbocycles.